The van der Waals surface area contributed by atoms with Gasteiger partial charge in [-0.1, -0.05) is 30.3 Å². The number of nitro benzene ring substituents is 1. The van der Waals surface area contributed by atoms with Crippen LogP contribution in [0.3, 0.4) is 0 Å². The van der Waals surface area contributed by atoms with Crippen molar-refractivity contribution in [2.24, 2.45) is 5.10 Å². The number of aryl methyl sites for hydroxylation is 1. The number of hydrazone groups is 1. The second kappa shape index (κ2) is 9.06. The van der Waals surface area contributed by atoms with Crippen LogP contribution in [-0.4, -0.2) is 25.0 Å². The van der Waals surface area contributed by atoms with Gasteiger partial charge in [-0.25, -0.2) is 13.8 Å². The molecule has 0 aliphatic heterocycles. The molecule has 3 aromatic rings. The lowest BCUT2D eigenvalue weighted by molar-refractivity contribution is -0.385. The number of nitro groups is 1. The second-order valence-electron chi connectivity index (χ2n) is 6.48. The van der Waals surface area contributed by atoms with Crippen molar-refractivity contribution in [3.05, 3.63) is 86.8 Å². The van der Waals surface area contributed by atoms with Gasteiger partial charge in [-0.3, -0.25) is 19.6 Å². The fourth-order valence-corrected chi connectivity index (χ4v) is 4.74. The first kappa shape index (κ1) is 22.1. The van der Waals surface area contributed by atoms with E-state index in [0.29, 0.717) is 16.8 Å². The van der Waals surface area contributed by atoms with Crippen LogP contribution in [0, 0.1) is 17.0 Å². The largest absolute Gasteiger partial charge is 0.278 e. The van der Waals surface area contributed by atoms with E-state index in [-0.39, 0.29) is 21.1 Å². The summed E-state index contributed by atoms with van der Waals surface area (Å²) in [6.45, 7) is 3.23. The Hall–Kier alpha value is -3.57. The maximum atomic E-state index is 12.6. The molecule has 3 rings (SSSR count). The number of carbonyl (C=O) groups excluding carboxylic acids is 1. The molecule has 0 aliphatic carbocycles. The summed E-state index contributed by atoms with van der Waals surface area (Å²) in [6, 6.07) is 13.8. The Bertz CT molecular complexity index is 1270. The van der Waals surface area contributed by atoms with Crippen molar-refractivity contribution in [3.8, 4) is 0 Å². The van der Waals surface area contributed by atoms with Gasteiger partial charge < -0.3 is 0 Å². The predicted octanol–water partition coefficient (Wildman–Crippen LogP) is 3.92. The van der Waals surface area contributed by atoms with Crippen LogP contribution < -0.4 is 10.1 Å². The smallest absolute Gasteiger partial charge is 0.273 e. The summed E-state index contributed by atoms with van der Waals surface area (Å²) in [4.78, 5) is 23.3. The Morgan fingerprint density at radius 2 is 1.87 bits per heavy atom. The van der Waals surface area contributed by atoms with Crippen LogP contribution in [-0.2, 0) is 10.0 Å². The van der Waals surface area contributed by atoms with Crippen molar-refractivity contribution in [2.75, 3.05) is 4.72 Å². The molecular weight excluding hydrogens is 440 g/mol. The molecule has 31 heavy (non-hydrogen) atoms. The minimum Gasteiger partial charge on any atom is -0.278 e. The molecule has 0 saturated carbocycles. The van der Waals surface area contributed by atoms with Crippen molar-refractivity contribution < 1.29 is 18.1 Å². The lowest BCUT2D eigenvalue weighted by Crippen LogP contribution is -2.22. The highest BCUT2D eigenvalue weighted by atomic mass is 32.2. The monoisotopic (exact) mass is 458 g/mol. The summed E-state index contributed by atoms with van der Waals surface area (Å²) in [5.41, 5.74) is 3.84. The number of rotatable bonds is 7. The van der Waals surface area contributed by atoms with Gasteiger partial charge in [-0.2, -0.15) is 5.10 Å². The average molecular weight is 459 g/mol. The number of amides is 1. The van der Waals surface area contributed by atoms with Crippen LogP contribution in [0.1, 0.15) is 28.4 Å². The molecule has 0 bridgehead atoms. The maximum Gasteiger partial charge on any atom is 0.273 e. The Kier molecular flexibility index (Phi) is 6.47. The molecule has 1 amide bonds. The van der Waals surface area contributed by atoms with Gasteiger partial charge in [0.25, 0.3) is 21.6 Å². The van der Waals surface area contributed by atoms with Crippen molar-refractivity contribution in [1.82, 2.24) is 5.43 Å². The van der Waals surface area contributed by atoms with E-state index in [9.17, 15) is 23.3 Å². The number of carbonyl (C=O) groups is 1. The lowest BCUT2D eigenvalue weighted by atomic mass is 10.1. The molecule has 11 heteroatoms. The van der Waals surface area contributed by atoms with Gasteiger partial charge in [0, 0.05) is 17.2 Å². The Morgan fingerprint density at radius 3 is 2.55 bits per heavy atom. The first-order valence-corrected chi connectivity index (χ1v) is 11.3. The molecule has 0 unspecified atom stereocenters. The maximum absolute atomic E-state index is 12.6. The van der Waals surface area contributed by atoms with Gasteiger partial charge in [-0.05, 0) is 37.4 Å². The molecule has 0 atom stereocenters. The topological polar surface area (TPSA) is 131 Å². The molecule has 1 heterocycles. The standard InChI is InChI=1S/C20H18N4O5S2/c1-13-9-10-15(12-18(13)24(26)27)14(2)21-22-20(25)16-6-3-4-7-17(16)23-31(28,29)19-8-5-11-30-19/h3-12,23H,1-2H3,(H,22,25)/b21-14+. The number of thiophene rings is 1. The van der Waals surface area contributed by atoms with Gasteiger partial charge in [0.2, 0.25) is 0 Å². The van der Waals surface area contributed by atoms with E-state index in [2.05, 4.69) is 15.2 Å². The number of nitrogens with one attached hydrogen (secondary N) is 2. The summed E-state index contributed by atoms with van der Waals surface area (Å²) in [5, 5.41) is 16.8. The first-order valence-electron chi connectivity index (χ1n) is 8.94. The van der Waals surface area contributed by atoms with Crippen LogP contribution >= 0.6 is 11.3 Å². The van der Waals surface area contributed by atoms with Crippen molar-refractivity contribution in [2.45, 2.75) is 18.1 Å². The Morgan fingerprint density at radius 1 is 1.13 bits per heavy atom. The third-order valence-corrected chi connectivity index (χ3v) is 7.09. The number of para-hydroxylation sites is 1. The van der Waals surface area contributed by atoms with E-state index in [1.807, 2.05) is 0 Å². The molecule has 9 nitrogen and oxygen atoms in total. The lowest BCUT2D eigenvalue weighted by Gasteiger charge is -2.11. The molecule has 2 aromatic carbocycles. The van der Waals surface area contributed by atoms with Crippen LogP contribution in [0.4, 0.5) is 11.4 Å². The zero-order chi connectivity index (χ0) is 22.6. The zero-order valence-electron chi connectivity index (χ0n) is 16.5. The van der Waals surface area contributed by atoms with E-state index in [0.717, 1.165) is 11.3 Å². The molecule has 1 aromatic heterocycles. The van der Waals surface area contributed by atoms with Crippen LogP contribution in [0.2, 0.25) is 0 Å². The van der Waals surface area contributed by atoms with Crippen LogP contribution in [0.5, 0.6) is 0 Å². The number of benzene rings is 2. The number of sulfonamides is 1. The van der Waals surface area contributed by atoms with E-state index in [1.165, 1.54) is 24.3 Å². The Balaban J connectivity index is 1.82. The highest BCUT2D eigenvalue weighted by Gasteiger charge is 2.19. The number of hydrogen-bond donors (Lipinski definition) is 2. The minimum absolute atomic E-state index is 0.0493. The molecule has 0 fully saturated rings. The SMILES string of the molecule is C/C(=N\NC(=O)c1ccccc1NS(=O)(=O)c1cccs1)c1ccc(C)c([N+](=O)[O-])c1. The van der Waals surface area contributed by atoms with Crippen molar-refractivity contribution >= 4 is 44.4 Å². The van der Waals surface area contributed by atoms with E-state index in [4.69, 9.17) is 0 Å². The summed E-state index contributed by atoms with van der Waals surface area (Å²) in [5.74, 6) is -0.634. The van der Waals surface area contributed by atoms with E-state index >= 15 is 0 Å². The zero-order valence-corrected chi connectivity index (χ0v) is 18.2. The molecule has 0 aliphatic rings. The molecule has 0 spiro atoms. The van der Waals surface area contributed by atoms with Gasteiger partial charge >= 0.3 is 0 Å². The summed E-state index contributed by atoms with van der Waals surface area (Å²) in [6.07, 6.45) is 0. The summed E-state index contributed by atoms with van der Waals surface area (Å²) >= 11 is 1.06. The highest BCUT2D eigenvalue weighted by Crippen LogP contribution is 2.23. The number of nitrogens with zero attached hydrogens (tertiary/aromatic N) is 2. The fraction of sp³-hybridized carbons (Fsp3) is 0.100. The number of hydrogen-bond acceptors (Lipinski definition) is 7. The Labute approximate surface area is 182 Å². The number of anilines is 1. The highest BCUT2D eigenvalue weighted by molar-refractivity contribution is 7.94. The summed E-state index contributed by atoms with van der Waals surface area (Å²) in [7, 11) is -3.83. The van der Waals surface area contributed by atoms with Crippen LogP contribution in [0.25, 0.3) is 0 Å². The third-order valence-electron chi connectivity index (χ3n) is 4.32. The first-order chi connectivity index (χ1) is 14.7. The van der Waals surface area contributed by atoms with E-state index in [1.54, 1.807) is 49.6 Å². The van der Waals surface area contributed by atoms with Crippen LogP contribution in [0.15, 0.2) is 69.3 Å². The van der Waals surface area contributed by atoms with Gasteiger partial charge in [0.15, 0.2) is 0 Å². The minimum atomic E-state index is -3.83. The van der Waals surface area contributed by atoms with Crippen molar-refractivity contribution in [1.29, 1.82) is 0 Å². The third kappa shape index (κ3) is 5.13. The van der Waals surface area contributed by atoms with E-state index < -0.39 is 20.9 Å². The van der Waals surface area contributed by atoms with Crippen molar-refractivity contribution in [3.63, 3.8) is 0 Å². The predicted molar refractivity (Wildman–Crippen MR) is 119 cm³/mol. The molecular formula is C20H18N4O5S2. The average Bonchev–Trinajstić information content (AvgIpc) is 3.28. The van der Waals surface area contributed by atoms with Gasteiger partial charge in [0.05, 0.1) is 21.9 Å². The molecule has 0 radical (unpaired) electrons. The molecule has 160 valence electrons. The molecule has 0 saturated heterocycles. The second-order valence-corrected chi connectivity index (χ2v) is 9.34. The normalized spacial score (nSPS) is 11.7. The van der Waals surface area contributed by atoms with Gasteiger partial charge in [0.1, 0.15) is 4.21 Å². The van der Waals surface area contributed by atoms with Gasteiger partial charge in [-0.15, -0.1) is 11.3 Å². The summed E-state index contributed by atoms with van der Waals surface area (Å²) < 4.78 is 27.5. The molecule has 2 N–H and O–H groups in total. The quantitative estimate of drug-likeness (QED) is 0.315. The fourth-order valence-electron chi connectivity index (χ4n) is 2.67.